The summed E-state index contributed by atoms with van der Waals surface area (Å²) in [5, 5.41) is 4.00. The van der Waals surface area contributed by atoms with Crippen LogP contribution in [-0.4, -0.2) is 52.6 Å². The van der Waals surface area contributed by atoms with Gasteiger partial charge in [-0.3, -0.25) is 4.79 Å². The predicted octanol–water partition coefficient (Wildman–Crippen LogP) is 2.31. The van der Waals surface area contributed by atoms with Gasteiger partial charge in [0.2, 0.25) is 5.91 Å². The van der Waals surface area contributed by atoms with E-state index in [2.05, 4.69) is 20.0 Å². The topological polar surface area (TPSA) is 75.4 Å². The van der Waals surface area contributed by atoms with E-state index in [1.54, 1.807) is 25.2 Å². The van der Waals surface area contributed by atoms with Gasteiger partial charge in [-0.15, -0.1) is 0 Å². The van der Waals surface area contributed by atoms with Gasteiger partial charge in [-0.2, -0.15) is 4.98 Å². The second kappa shape index (κ2) is 6.59. The first-order valence-electron chi connectivity index (χ1n) is 8.25. The van der Waals surface area contributed by atoms with Crippen molar-refractivity contribution in [3.8, 4) is 11.5 Å². The maximum Gasteiger partial charge on any atom is 0.258 e. The number of nitrogens with zero attached hydrogens (tertiary/aromatic N) is 5. The molecule has 7 heteroatoms. The van der Waals surface area contributed by atoms with Crippen molar-refractivity contribution >= 4 is 11.7 Å². The fourth-order valence-electron chi connectivity index (χ4n) is 2.89. The van der Waals surface area contributed by atoms with E-state index in [9.17, 15) is 4.79 Å². The van der Waals surface area contributed by atoms with Gasteiger partial charge in [0, 0.05) is 38.3 Å². The average Bonchev–Trinajstić information content (AvgIpc) is 3.23. The minimum absolute atomic E-state index is 0.111. The second-order valence-electron chi connectivity index (χ2n) is 6.60. The molecule has 0 N–H and O–H groups in total. The molecule has 1 amide bonds. The van der Waals surface area contributed by atoms with Crippen molar-refractivity contribution in [2.24, 2.45) is 0 Å². The maximum absolute atomic E-state index is 12.4. The van der Waals surface area contributed by atoms with Gasteiger partial charge < -0.3 is 14.3 Å². The van der Waals surface area contributed by atoms with Crippen LogP contribution in [0.25, 0.3) is 11.5 Å². The molecular weight excluding hydrogens is 306 g/mol. The smallest absolute Gasteiger partial charge is 0.258 e. The molecule has 2 aromatic rings. The summed E-state index contributed by atoms with van der Waals surface area (Å²) in [5.74, 6) is 2.26. The van der Waals surface area contributed by atoms with Crippen LogP contribution >= 0.6 is 0 Å². The Morgan fingerprint density at radius 1 is 1.42 bits per heavy atom. The third-order valence-electron chi connectivity index (χ3n) is 4.22. The molecule has 3 heterocycles. The number of amides is 1. The first-order chi connectivity index (χ1) is 11.5. The van der Waals surface area contributed by atoms with Gasteiger partial charge in [-0.05, 0) is 25.0 Å². The molecule has 24 heavy (non-hydrogen) atoms. The number of likely N-dealkylation sites (N-methyl/N-ethyl adjacent to an activating group) is 1. The second-order valence-corrected chi connectivity index (χ2v) is 6.60. The predicted molar refractivity (Wildman–Crippen MR) is 90.7 cm³/mol. The molecule has 3 rings (SSSR count). The molecule has 1 fully saturated rings. The Hall–Kier alpha value is -2.44. The molecule has 1 saturated heterocycles. The monoisotopic (exact) mass is 329 g/mol. The number of carbonyl (C=O) groups excluding carboxylic acids is 1. The minimum atomic E-state index is -0.156. The zero-order valence-corrected chi connectivity index (χ0v) is 14.6. The van der Waals surface area contributed by atoms with Gasteiger partial charge in [0.05, 0.1) is 0 Å². The van der Waals surface area contributed by atoms with E-state index in [0.29, 0.717) is 11.7 Å². The Bertz CT molecular complexity index is 725. The molecule has 1 aliphatic rings. The normalized spacial score (nSPS) is 17.5. The van der Waals surface area contributed by atoms with Crippen LogP contribution in [0, 0.1) is 0 Å². The number of hydrogen-bond donors (Lipinski definition) is 0. The molecule has 0 spiro atoms. The Morgan fingerprint density at radius 3 is 2.88 bits per heavy atom. The molecule has 7 nitrogen and oxygen atoms in total. The van der Waals surface area contributed by atoms with Crippen LogP contribution in [0.3, 0.4) is 0 Å². The number of aromatic nitrogens is 3. The maximum atomic E-state index is 12.4. The highest BCUT2D eigenvalue weighted by atomic mass is 16.5. The molecule has 1 unspecified atom stereocenters. The van der Waals surface area contributed by atoms with Crippen molar-refractivity contribution in [1.82, 2.24) is 20.0 Å². The van der Waals surface area contributed by atoms with Crippen molar-refractivity contribution in [2.45, 2.75) is 38.6 Å². The number of rotatable bonds is 4. The fraction of sp³-hybridized carbons (Fsp3) is 0.529. The van der Waals surface area contributed by atoms with Crippen LogP contribution in [0.5, 0.6) is 0 Å². The van der Waals surface area contributed by atoms with Gasteiger partial charge in [0.25, 0.3) is 5.89 Å². The van der Waals surface area contributed by atoms with E-state index >= 15 is 0 Å². The van der Waals surface area contributed by atoms with Crippen LogP contribution in [-0.2, 0) is 4.79 Å². The summed E-state index contributed by atoms with van der Waals surface area (Å²) in [6.45, 7) is 4.87. The van der Waals surface area contributed by atoms with Crippen molar-refractivity contribution in [3.05, 3.63) is 24.2 Å². The molecule has 0 bridgehead atoms. The number of pyridine rings is 1. The Kier molecular flexibility index (Phi) is 4.51. The lowest BCUT2D eigenvalue weighted by Gasteiger charge is -2.27. The summed E-state index contributed by atoms with van der Waals surface area (Å²) in [5.41, 5.74) is 0.822. The summed E-state index contributed by atoms with van der Waals surface area (Å²) >= 11 is 0. The quantitative estimate of drug-likeness (QED) is 0.857. The van der Waals surface area contributed by atoms with Crippen LogP contribution in [0.1, 0.15) is 38.4 Å². The lowest BCUT2D eigenvalue weighted by molar-refractivity contribution is -0.129. The SMILES string of the molecule is CC(C)c1noc(-c2ccnc(N3CCCC3C(=O)N(C)C)c2)n1. The van der Waals surface area contributed by atoms with Crippen LogP contribution in [0.2, 0.25) is 0 Å². The van der Waals surface area contributed by atoms with E-state index in [0.717, 1.165) is 30.8 Å². The zero-order valence-electron chi connectivity index (χ0n) is 14.6. The van der Waals surface area contributed by atoms with Crippen LogP contribution in [0.4, 0.5) is 5.82 Å². The highest BCUT2D eigenvalue weighted by molar-refractivity contribution is 5.85. The third-order valence-corrected chi connectivity index (χ3v) is 4.22. The highest BCUT2D eigenvalue weighted by Crippen LogP contribution is 2.28. The highest BCUT2D eigenvalue weighted by Gasteiger charge is 2.32. The van der Waals surface area contributed by atoms with E-state index < -0.39 is 0 Å². The number of anilines is 1. The lowest BCUT2D eigenvalue weighted by Crippen LogP contribution is -2.43. The van der Waals surface area contributed by atoms with Gasteiger partial charge in [-0.25, -0.2) is 4.98 Å². The van der Waals surface area contributed by atoms with Gasteiger partial charge >= 0.3 is 0 Å². The van der Waals surface area contributed by atoms with Crippen LogP contribution < -0.4 is 4.90 Å². The molecule has 1 aliphatic heterocycles. The van der Waals surface area contributed by atoms with Crippen molar-refractivity contribution in [1.29, 1.82) is 0 Å². The summed E-state index contributed by atoms with van der Waals surface area (Å²) in [6.07, 6.45) is 3.55. The Balaban J connectivity index is 1.88. The molecular formula is C17H23N5O2. The van der Waals surface area contributed by atoms with E-state index in [1.807, 2.05) is 26.0 Å². The third kappa shape index (κ3) is 3.11. The molecule has 0 radical (unpaired) electrons. The van der Waals surface area contributed by atoms with Gasteiger partial charge in [0.15, 0.2) is 5.82 Å². The fourth-order valence-corrected chi connectivity index (χ4v) is 2.89. The molecule has 0 saturated carbocycles. The first kappa shape index (κ1) is 16.4. The molecule has 128 valence electrons. The summed E-state index contributed by atoms with van der Waals surface area (Å²) in [6, 6.07) is 3.61. The molecule has 0 aliphatic carbocycles. The standard InChI is InChI=1S/C17H23N5O2/c1-11(2)15-19-16(24-20-15)12-7-8-18-14(10-12)22-9-5-6-13(22)17(23)21(3)4/h7-8,10-11,13H,5-6,9H2,1-4H3. The molecule has 0 aromatic carbocycles. The Labute approximate surface area is 141 Å². The van der Waals surface area contributed by atoms with Crippen molar-refractivity contribution < 1.29 is 9.32 Å². The Morgan fingerprint density at radius 2 is 2.21 bits per heavy atom. The average molecular weight is 329 g/mol. The largest absolute Gasteiger partial charge is 0.347 e. The van der Waals surface area contributed by atoms with E-state index in [-0.39, 0.29) is 17.9 Å². The number of carbonyl (C=O) groups is 1. The minimum Gasteiger partial charge on any atom is -0.347 e. The number of hydrogen-bond acceptors (Lipinski definition) is 6. The lowest BCUT2D eigenvalue weighted by atomic mass is 10.2. The molecule has 1 atom stereocenters. The van der Waals surface area contributed by atoms with E-state index in [4.69, 9.17) is 4.52 Å². The van der Waals surface area contributed by atoms with E-state index in [1.165, 1.54) is 0 Å². The summed E-state index contributed by atoms with van der Waals surface area (Å²) in [7, 11) is 3.57. The van der Waals surface area contributed by atoms with Crippen molar-refractivity contribution in [3.63, 3.8) is 0 Å². The van der Waals surface area contributed by atoms with Gasteiger partial charge in [-0.1, -0.05) is 19.0 Å². The summed E-state index contributed by atoms with van der Waals surface area (Å²) in [4.78, 5) is 25.0. The van der Waals surface area contributed by atoms with Crippen LogP contribution in [0.15, 0.2) is 22.9 Å². The first-order valence-corrected chi connectivity index (χ1v) is 8.25. The van der Waals surface area contributed by atoms with Gasteiger partial charge in [0.1, 0.15) is 11.9 Å². The van der Waals surface area contributed by atoms with Crippen molar-refractivity contribution in [2.75, 3.05) is 25.5 Å². The zero-order chi connectivity index (χ0) is 17.3. The summed E-state index contributed by atoms with van der Waals surface area (Å²) < 4.78 is 5.36. The molecule has 2 aromatic heterocycles.